The second-order valence-electron chi connectivity index (χ2n) is 4.75. The predicted molar refractivity (Wildman–Crippen MR) is 75.8 cm³/mol. The molecule has 1 aromatic rings. The first kappa shape index (κ1) is 15.3. The summed E-state index contributed by atoms with van der Waals surface area (Å²) < 4.78 is 0. The van der Waals surface area contributed by atoms with Crippen LogP contribution in [0.15, 0.2) is 18.2 Å². The van der Waals surface area contributed by atoms with Crippen molar-refractivity contribution in [2.75, 3.05) is 18.8 Å². The van der Waals surface area contributed by atoms with Crippen LogP contribution in [0, 0.1) is 5.92 Å². The molecule has 0 bridgehead atoms. The summed E-state index contributed by atoms with van der Waals surface area (Å²) >= 11 is 6.00. The molecular weight excluding hydrogens is 266 g/mol. The van der Waals surface area contributed by atoms with Crippen molar-refractivity contribution in [3.05, 3.63) is 28.8 Å². The van der Waals surface area contributed by atoms with Gasteiger partial charge in [-0.1, -0.05) is 31.5 Å². The quantitative estimate of drug-likeness (QED) is 0.803. The zero-order valence-electron chi connectivity index (χ0n) is 11.0. The van der Waals surface area contributed by atoms with Crippen LogP contribution in [0.2, 0.25) is 5.02 Å². The molecule has 0 aliphatic carbocycles. The minimum absolute atomic E-state index is 0.151. The summed E-state index contributed by atoms with van der Waals surface area (Å²) in [5.74, 6) is -0.748. The molecule has 0 aromatic heterocycles. The second-order valence-corrected chi connectivity index (χ2v) is 5.16. The Kier molecular flexibility index (Phi) is 5.18. The topological polar surface area (TPSA) is 89.4 Å². The van der Waals surface area contributed by atoms with E-state index in [0.717, 1.165) is 0 Å². The van der Waals surface area contributed by atoms with Gasteiger partial charge in [-0.15, -0.1) is 0 Å². The van der Waals surface area contributed by atoms with E-state index in [4.69, 9.17) is 23.1 Å². The molecule has 4 N–H and O–H groups in total. The van der Waals surface area contributed by atoms with Crippen LogP contribution in [0.3, 0.4) is 0 Å². The molecule has 0 saturated heterocycles. The zero-order chi connectivity index (χ0) is 14.6. The summed E-state index contributed by atoms with van der Waals surface area (Å²) in [6.07, 6.45) is 0. The van der Waals surface area contributed by atoms with Gasteiger partial charge in [0.15, 0.2) is 0 Å². The van der Waals surface area contributed by atoms with E-state index in [1.807, 2.05) is 13.8 Å². The molecule has 5 nitrogen and oxygen atoms in total. The second kappa shape index (κ2) is 6.43. The van der Waals surface area contributed by atoms with Crippen LogP contribution in [0.1, 0.15) is 24.2 Å². The van der Waals surface area contributed by atoms with E-state index in [1.54, 1.807) is 18.2 Å². The lowest BCUT2D eigenvalue weighted by Gasteiger charge is -2.24. The molecule has 0 aliphatic rings. The molecule has 0 aliphatic heterocycles. The summed E-state index contributed by atoms with van der Waals surface area (Å²) in [4.78, 5) is 24.8. The summed E-state index contributed by atoms with van der Waals surface area (Å²) in [7, 11) is 0. The van der Waals surface area contributed by atoms with Gasteiger partial charge in [-0.25, -0.2) is 0 Å². The van der Waals surface area contributed by atoms with Crippen molar-refractivity contribution in [3.8, 4) is 0 Å². The number of benzene rings is 1. The number of hydrogen-bond acceptors (Lipinski definition) is 3. The highest BCUT2D eigenvalue weighted by atomic mass is 35.5. The average Bonchev–Trinajstić information content (AvgIpc) is 2.26. The molecule has 0 atom stereocenters. The van der Waals surface area contributed by atoms with Crippen LogP contribution in [0.4, 0.5) is 5.69 Å². The molecule has 2 amide bonds. The molecular formula is C13H18ClN3O2. The number of anilines is 1. The van der Waals surface area contributed by atoms with Crippen LogP contribution in [0.25, 0.3) is 0 Å². The fourth-order valence-corrected chi connectivity index (χ4v) is 2.04. The van der Waals surface area contributed by atoms with Gasteiger partial charge in [0.1, 0.15) is 0 Å². The van der Waals surface area contributed by atoms with Gasteiger partial charge in [0, 0.05) is 12.2 Å². The molecule has 6 heteroatoms. The normalized spacial score (nSPS) is 10.5. The van der Waals surface area contributed by atoms with Gasteiger partial charge in [0.25, 0.3) is 5.91 Å². The predicted octanol–water partition coefficient (Wildman–Crippen LogP) is 1.51. The number of primary amides is 1. The maximum atomic E-state index is 12.4. The van der Waals surface area contributed by atoms with Crippen molar-refractivity contribution in [1.29, 1.82) is 0 Å². The van der Waals surface area contributed by atoms with E-state index in [1.165, 1.54) is 4.90 Å². The Morgan fingerprint density at radius 1 is 1.37 bits per heavy atom. The number of hydrogen-bond donors (Lipinski definition) is 2. The van der Waals surface area contributed by atoms with Crippen molar-refractivity contribution >= 4 is 29.1 Å². The minimum Gasteiger partial charge on any atom is -0.398 e. The van der Waals surface area contributed by atoms with E-state index in [2.05, 4.69) is 0 Å². The van der Waals surface area contributed by atoms with Crippen molar-refractivity contribution in [3.63, 3.8) is 0 Å². The molecule has 0 radical (unpaired) electrons. The first-order valence-electron chi connectivity index (χ1n) is 5.94. The maximum absolute atomic E-state index is 12.4. The fraction of sp³-hybridized carbons (Fsp3) is 0.385. The standard InChI is InChI=1S/C13H18ClN3O2/c1-8(2)6-17(7-11(16)18)13(19)12-9(14)4-3-5-10(12)15/h3-5,8H,6-7,15H2,1-2H3,(H2,16,18). The first-order valence-corrected chi connectivity index (χ1v) is 6.32. The van der Waals surface area contributed by atoms with Crippen molar-refractivity contribution in [2.45, 2.75) is 13.8 Å². The van der Waals surface area contributed by atoms with Crippen LogP contribution in [0.5, 0.6) is 0 Å². The number of carbonyl (C=O) groups is 2. The zero-order valence-corrected chi connectivity index (χ0v) is 11.8. The molecule has 0 saturated carbocycles. The average molecular weight is 284 g/mol. The minimum atomic E-state index is -0.570. The highest BCUT2D eigenvalue weighted by Crippen LogP contribution is 2.23. The third-order valence-corrected chi connectivity index (χ3v) is 2.79. The van der Waals surface area contributed by atoms with Gasteiger partial charge in [-0.2, -0.15) is 0 Å². The Bertz CT molecular complexity index is 469. The molecule has 0 unspecified atom stereocenters. The Labute approximate surface area is 117 Å². The number of nitrogen functional groups attached to an aromatic ring is 1. The number of nitrogens with zero attached hydrogens (tertiary/aromatic N) is 1. The van der Waals surface area contributed by atoms with Gasteiger partial charge >= 0.3 is 0 Å². The lowest BCUT2D eigenvalue weighted by atomic mass is 10.1. The van der Waals surface area contributed by atoms with Gasteiger partial charge in [-0.3, -0.25) is 9.59 Å². The molecule has 0 heterocycles. The lowest BCUT2D eigenvalue weighted by Crippen LogP contribution is -2.40. The van der Waals surface area contributed by atoms with Gasteiger partial charge in [0.2, 0.25) is 5.91 Å². The van der Waals surface area contributed by atoms with Crippen molar-refractivity contribution in [1.82, 2.24) is 4.90 Å². The Morgan fingerprint density at radius 3 is 2.47 bits per heavy atom. The first-order chi connectivity index (χ1) is 8.82. The molecule has 0 spiro atoms. The number of nitrogens with two attached hydrogens (primary N) is 2. The number of carbonyl (C=O) groups excluding carboxylic acids is 2. The van der Waals surface area contributed by atoms with Gasteiger partial charge < -0.3 is 16.4 Å². The van der Waals surface area contributed by atoms with Gasteiger partial charge in [-0.05, 0) is 18.1 Å². The Balaban J connectivity index is 3.08. The summed E-state index contributed by atoms with van der Waals surface area (Å²) in [6, 6.07) is 4.84. The summed E-state index contributed by atoms with van der Waals surface area (Å²) in [5, 5.41) is 0.267. The van der Waals surface area contributed by atoms with Crippen LogP contribution >= 0.6 is 11.6 Å². The maximum Gasteiger partial charge on any atom is 0.257 e. The van der Waals surface area contributed by atoms with Crippen molar-refractivity contribution in [2.24, 2.45) is 11.7 Å². The third kappa shape index (κ3) is 4.13. The SMILES string of the molecule is CC(C)CN(CC(N)=O)C(=O)c1c(N)cccc1Cl. The van der Waals surface area contributed by atoms with Crippen LogP contribution in [-0.2, 0) is 4.79 Å². The number of rotatable bonds is 5. The highest BCUT2D eigenvalue weighted by Gasteiger charge is 2.22. The third-order valence-electron chi connectivity index (χ3n) is 2.48. The fourth-order valence-electron chi connectivity index (χ4n) is 1.77. The monoisotopic (exact) mass is 283 g/mol. The Hall–Kier alpha value is -1.75. The largest absolute Gasteiger partial charge is 0.398 e. The summed E-state index contributed by atoms with van der Waals surface area (Å²) in [5.41, 5.74) is 11.4. The van der Waals surface area contributed by atoms with E-state index in [-0.39, 0.29) is 34.6 Å². The van der Waals surface area contributed by atoms with E-state index in [0.29, 0.717) is 6.54 Å². The van der Waals surface area contributed by atoms with E-state index in [9.17, 15) is 9.59 Å². The number of amides is 2. The number of halogens is 1. The van der Waals surface area contributed by atoms with Gasteiger partial charge in [0.05, 0.1) is 17.1 Å². The molecule has 0 fully saturated rings. The smallest absolute Gasteiger partial charge is 0.257 e. The molecule has 104 valence electrons. The van der Waals surface area contributed by atoms with Crippen molar-refractivity contribution < 1.29 is 9.59 Å². The van der Waals surface area contributed by atoms with E-state index < -0.39 is 5.91 Å². The van der Waals surface area contributed by atoms with E-state index >= 15 is 0 Å². The van der Waals surface area contributed by atoms with Crippen LogP contribution in [-0.4, -0.2) is 29.8 Å². The highest BCUT2D eigenvalue weighted by molar-refractivity contribution is 6.34. The molecule has 19 heavy (non-hydrogen) atoms. The summed E-state index contributed by atoms with van der Waals surface area (Å²) in [6.45, 7) is 4.14. The Morgan fingerprint density at radius 2 is 2.00 bits per heavy atom. The molecule has 1 rings (SSSR count). The van der Waals surface area contributed by atoms with Crippen LogP contribution < -0.4 is 11.5 Å². The lowest BCUT2D eigenvalue weighted by molar-refractivity contribution is -0.118. The molecule has 1 aromatic carbocycles.